The van der Waals surface area contributed by atoms with E-state index >= 15 is 0 Å². The molecular formula is C30H47N3O6. The zero-order valence-electron chi connectivity index (χ0n) is 24.4. The van der Waals surface area contributed by atoms with Crippen LogP contribution in [-0.2, 0) is 20.7 Å². The van der Waals surface area contributed by atoms with E-state index in [0.29, 0.717) is 51.1 Å². The van der Waals surface area contributed by atoms with Gasteiger partial charge in [0.05, 0.1) is 12.7 Å². The summed E-state index contributed by atoms with van der Waals surface area (Å²) >= 11 is 0. The molecule has 0 unspecified atom stereocenters. The van der Waals surface area contributed by atoms with Crippen LogP contribution in [0.3, 0.4) is 0 Å². The van der Waals surface area contributed by atoms with Gasteiger partial charge in [0.1, 0.15) is 12.3 Å². The second-order valence-corrected chi connectivity index (χ2v) is 9.47. The normalized spacial score (nSPS) is 26.2. The van der Waals surface area contributed by atoms with Gasteiger partial charge in [-0.3, -0.25) is 9.59 Å². The van der Waals surface area contributed by atoms with E-state index in [1.807, 2.05) is 39.8 Å². The van der Waals surface area contributed by atoms with Gasteiger partial charge >= 0.3 is 5.97 Å². The average Bonchev–Trinajstić information content (AvgIpc) is 3.60. The van der Waals surface area contributed by atoms with Gasteiger partial charge in [-0.05, 0) is 38.7 Å². The number of fused-ring (bicyclic) bond motifs is 3. The van der Waals surface area contributed by atoms with E-state index in [-0.39, 0.29) is 30.0 Å². The molecule has 0 aliphatic carbocycles. The van der Waals surface area contributed by atoms with Crippen LogP contribution in [0, 0.1) is 5.92 Å². The second kappa shape index (κ2) is 19.0. The number of nitrogens with zero attached hydrogens (tertiary/aromatic N) is 2. The predicted molar refractivity (Wildman–Crippen MR) is 152 cm³/mol. The molecule has 2 aliphatic heterocycles. The Balaban J connectivity index is 0.00000142. The molecule has 3 atom stereocenters. The summed E-state index contributed by atoms with van der Waals surface area (Å²) in [7, 11) is 0. The first kappa shape index (κ1) is 33.8. The fourth-order valence-corrected chi connectivity index (χ4v) is 3.91. The number of hydrogen-bond acceptors (Lipinski definition) is 7. The van der Waals surface area contributed by atoms with E-state index in [9.17, 15) is 19.5 Å². The highest BCUT2D eigenvalue weighted by molar-refractivity contribution is 5.95. The molecule has 218 valence electrons. The summed E-state index contributed by atoms with van der Waals surface area (Å²) < 4.78 is 10.9. The number of aliphatic hydroxyl groups is 1. The van der Waals surface area contributed by atoms with Crippen molar-refractivity contribution in [3.05, 3.63) is 53.8 Å². The van der Waals surface area contributed by atoms with E-state index in [4.69, 9.17) is 9.15 Å². The number of aryl methyl sites for hydroxylation is 1. The Hall–Kier alpha value is -3.20. The van der Waals surface area contributed by atoms with Crippen LogP contribution in [0.15, 0.2) is 46.6 Å². The van der Waals surface area contributed by atoms with Crippen molar-refractivity contribution in [1.82, 2.24) is 15.2 Å². The van der Waals surface area contributed by atoms with Crippen molar-refractivity contribution in [3.8, 4) is 0 Å². The third kappa shape index (κ3) is 12.5. The van der Waals surface area contributed by atoms with Crippen molar-refractivity contribution < 1.29 is 28.6 Å². The average molecular weight is 546 g/mol. The third-order valence-corrected chi connectivity index (χ3v) is 5.74. The number of rotatable bonds is 0. The zero-order valence-corrected chi connectivity index (χ0v) is 24.4. The van der Waals surface area contributed by atoms with E-state index in [1.165, 1.54) is 23.7 Å². The number of cyclic esters (lactones) is 1. The topological polar surface area (TPSA) is 122 Å². The number of oxazole rings is 1. The fraction of sp³-hybridized carbons (Fsp3) is 0.600. The molecule has 1 aromatic heterocycles. The molecule has 0 aromatic carbocycles. The van der Waals surface area contributed by atoms with Crippen molar-refractivity contribution >= 4 is 17.8 Å². The number of allylic oxidation sites excluding steroid dienone is 2. The van der Waals surface area contributed by atoms with Crippen LogP contribution in [0.4, 0.5) is 0 Å². The van der Waals surface area contributed by atoms with Crippen LogP contribution in [-0.4, -0.2) is 64.6 Å². The molecule has 1 saturated heterocycles. The number of nitrogens with one attached hydrogen (secondary N) is 1. The lowest BCUT2D eigenvalue weighted by Crippen LogP contribution is -2.41. The van der Waals surface area contributed by atoms with Gasteiger partial charge < -0.3 is 24.5 Å². The van der Waals surface area contributed by atoms with E-state index in [1.54, 1.807) is 12.2 Å². The molecule has 9 heteroatoms. The minimum atomic E-state index is -0.661. The van der Waals surface area contributed by atoms with Crippen LogP contribution in [0.2, 0.25) is 0 Å². The highest BCUT2D eigenvalue weighted by Crippen LogP contribution is 2.22. The molecule has 1 fully saturated rings. The Morgan fingerprint density at radius 1 is 1.13 bits per heavy atom. The van der Waals surface area contributed by atoms with Gasteiger partial charge in [0, 0.05) is 25.4 Å². The molecule has 1 aromatic rings. The van der Waals surface area contributed by atoms with Gasteiger partial charge in [-0.2, -0.15) is 0 Å². The largest absolute Gasteiger partial charge is 0.464 e. The lowest BCUT2D eigenvalue weighted by Gasteiger charge is -2.22. The second-order valence-electron chi connectivity index (χ2n) is 9.47. The van der Waals surface area contributed by atoms with Gasteiger partial charge in [-0.1, -0.05) is 70.9 Å². The van der Waals surface area contributed by atoms with Crippen LogP contribution >= 0.6 is 0 Å². The lowest BCUT2D eigenvalue weighted by atomic mass is 10.1. The molecular weight excluding hydrogens is 498 g/mol. The number of aliphatic hydroxyl groups excluding tert-OH is 1. The van der Waals surface area contributed by atoms with Gasteiger partial charge in [0.25, 0.3) is 5.91 Å². The van der Waals surface area contributed by atoms with Crippen molar-refractivity contribution in [1.29, 1.82) is 0 Å². The zero-order chi connectivity index (χ0) is 29.2. The van der Waals surface area contributed by atoms with Gasteiger partial charge in [0.15, 0.2) is 11.6 Å². The molecule has 2 aliphatic rings. The third-order valence-electron chi connectivity index (χ3n) is 5.74. The van der Waals surface area contributed by atoms with Gasteiger partial charge in [-0.25, -0.2) is 9.78 Å². The maximum atomic E-state index is 13.0. The van der Waals surface area contributed by atoms with Crippen molar-refractivity contribution in [2.24, 2.45) is 5.92 Å². The van der Waals surface area contributed by atoms with Gasteiger partial charge in [-0.15, -0.1) is 0 Å². The number of carbonyl (C=O) groups excluding carboxylic acids is 3. The summed E-state index contributed by atoms with van der Waals surface area (Å²) in [5.74, 6) is -0.809. The summed E-state index contributed by atoms with van der Waals surface area (Å²) in [5, 5.41) is 13.0. The Bertz CT molecular complexity index is 981. The van der Waals surface area contributed by atoms with Gasteiger partial charge in [0.2, 0.25) is 5.91 Å². The fourth-order valence-electron chi connectivity index (χ4n) is 3.91. The molecule has 2 amide bonds. The summed E-state index contributed by atoms with van der Waals surface area (Å²) in [6, 6.07) is -0.661. The van der Waals surface area contributed by atoms with Crippen molar-refractivity contribution in [2.45, 2.75) is 92.2 Å². The highest BCUT2D eigenvalue weighted by Gasteiger charge is 2.36. The van der Waals surface area contributed by atoms with E-state index in [0.717, 1.165) is 5.57 Å². The Morgan fingerprint density at radius 2 is 1.85 bits per heavy atom. The number of carbonyl (C=O) groups is 3. The Labute approximate surface area is 233 Å². The Morgan fingerprint density at radius 3 is 2.56 bits per heavy atom. The molecule has 9 nitrogen and oxygen atoms in total. The molecule has 0 radical (unpaired) electrons. The number of ether oxygens (including phenoxy) is 1. The maximum absolute atomic E-state index is 13.0. The van der Waals surface area contributed by atoms with Crippen LogP contribution in [0.5, 0.6) is 0 Å². The van der Waals surface area contributed by atoms with Crippen molar-refractivity contribution in [2.75, 3.05) is 19.7 Å². The Kier molecular flexibility index (Phi) is 16.4. The lowest BCUT2D eigenvalue weighted by molar-refractivity contribution is -0.149. The number of aromatic nitrogens is 1. The molecule has 2 N–H and O–H groups in total. The molecule has 0 spiro atoms. The monoisotopic (exact) mass is 545 g/mol. The molecule has 0 saturated carbocycles. The van der Waals surface area contributed by atoms with Crippen LogP contribution in [0.25, 0.3) is 0 Å². The molecule has 2 bridgehead atoms. The summed E-state index contributed by atoms with van der Waals surface area (Å²) in [4.78, 5) is 43.4. The first-order chi connectivity index (χ1) is 18.7. The summed E-state index contributed by atoms with van der Waals surface area (Å²) in [6.45, 7) is 12.9. The van der Waals surface area contributed by atoms with E-state index < -0.39 is 18.1 Å². The minimum absolute atomic E-state index is 0.113. The number of esters is 1. The number of hydrogen-bond donors (Lipinski definition) is 2. The maximum Gasteiger partial charge on any atom is 0.328 e. The number of amides is 2. The smallest absolute Gasteiger partial charge is 0.328 e. The quantitative estimate of drug-likeness (QED) is 0.450. The van der Waals surface area contributed by atoms with Crippen molar-refractivity contribution in [3.63, 3.8) is 0 Å². The minimum Gasteiger partial charge on any atom is -0.464 e. The highest BCUT2D eigenvalue weighted by atomic mass is 16.5. The first-order valence-corrected chi connectivity index (χ1v) is 14.2. The van der Waals surface area contributed by atoms with Crippen LogP contribution < -0.4 is 5.32 Å². The predicted octanol–water partition coefficient (Wildman–Crippen LogP) is 4.77. The standard InChI is InChI=1S/C25H33N3O6.C3H8.C2H6/c1-17-6-4-12-26-22(30)11-10-18(2)15-34-25(32)21-8-5-13-28(21)24(31)20-16-33-23(27-20)9-3-7-19(29)14-17;1-3-2;1-2/h4,6,10-11,14,16,18-19,21,29H,3,5,7-9,12-13,15H2,1-2H3,(H,26,30);3H2,1-2H3;1-2H3/b6-4+,11-10+,17-14+;;/t18-,19+,21-;;/m1../s1. The SMILES string of the molecule is CC.CC1=C\[C@@H](O)CCCc2nc(co2)C(=O)N2CCC[C@@H]2C(=O)OC[C@H](C)/C=C/C(=O)NC\C=C\1.CCC. The molecule has 39 heavy (non-hydrogen) atoms. The summed E-state index contributed by atoms with van der Waals surface area (Å²) in [5.41, 5.74) is 1.05. The van der Waals surface area contributed by atoms with Crippen LogP contribution in [0.1, 0.15) is 90.0 Å². The summed E-state index contributed by atoms with van der Waals surface area (Å²) in [6.07, 6.45) is 13.3. The van der Waals surface area contributed by atoms with E-state index in [2.05, 4.69) is 24.1 Å². The first-order valence-electron chi connectivity index (χ1n) is 14.2. The molecule has 3 heterocycles. The molecule has 3 rings (SSSR count).